The van der Waals surface area contributed by atoms with E-state index in [1.165, 1.54) is 24.3 Å². The lowest BCUT2D eigenvalue weighted by molar-refractivity contribution is -0.193. The molecule has 2 aliphatic rings. The highest BCUT2D eigenvalue weighted by atomic mass is 32.2. The summed E-state index contributed by atoms with van der Waals surface area (Å²) in [6.45, 7) is 3.73. The molecule has 1 heterocycles. The maximum Gasteiger partial charge on any atom is 0.394 e. The number of nitrogens with one attached hydrogen (secondary N) is 2. The first-order chi connectivity index (χ1) is 22.2. The van der Waals surface area contributed by atoms with Crippen LogP contribution < -0.4 is 14.8 Å². The Morgan fingerprint density at radius 3 is 2.30 bits per heavy atom. The number of nitrogens with zero attached hydrogens (tertiary/aromatic N) is 3. The fourth-order valence-electron chi connectivity index (χ4n) is 6.60. The first kappa shape index (κ1) is 34.8. The molecular formula is C34H42F3N5O4S. The topological polar surface area (TPSA) is 114 Å². The Morgan fingerprint density at radius 2 is 1.70 bits per heavy atom. The van der Waals surface area contributed by atoms with E-state index in [1.54, 1.807) is 6.07 Å². The molecule has 1 atom stereocenters. The number of ether oxygens (including phenoxy) is 1. The molecule has 0 amide bonds. The van der Waals surface area contributed by atoms with Gasteiger partial charge in [0, 0.05) is 35.3 Å². The SMILES string of the molecule is CN[C@H]1CC[C@@H](N(C)[C@@H](COc2cc(-c3c(C)cccc3C)nc(NS(=O)(=O)c3cccc(C=O)c3)n2)CC2(C(F)(F)F)CC2)CC1. The summed E-state index contributed by atoms with van der Waals surface area (Å²) >= 11 is 0. The summed E-state index contributed by atoms with van der Waals surface area (Å²) in [6, 6.07) is 12.8. The number of hydrogen-bond acceptors (Lipinski definition) is 8. The fourth-order valence-corrected chi connectivity index (χ4v) is 7.60. The van der Waals surface area contributed by atoms with Crippen molar-refractivity contribution in [2.75, 3.05) is 25.4 Å². The van der Waals surface area contributed by atoms with Gasteiger partial charge in [0.05, 0.1) is 16.0 Å². The summed E-state index contributed by atoms with van der Waals surface area (Å²) in [4.78, 5) is 22.0. The van der Waals surface area contributed by atoms with E-state index in [-0.39, 0.29) is 54.2 Å². The van der Waals surface area contributed by atoms with E-state index in [0.29, 0.717) is 18.0 Å². The van der Waals surface area contributed by atoms with Crippen LogP contribution in [0.25, 0.3) is 11.3 Å². The lowest BCUT2D eigenvalue weighted by atomic mass is 9.88. The quantitative estimate of drug-likeness (QED) is 0.203. The molecule has 5 rings (SSSR count). The van der Waals surface area contributed by atoms with E-state index in [4.69, 9.17) is 4.74 Å². The van der Waals surface area contributed by atoms with Gasteiger partial charge < -0.3 is 10.1 Å². The van der Waals surface area contributed by atoms with Crippen LogP contribution in [0.4, 0.5) is 19.1 Å². The highest BCUT2D eigenvalue weighted by molar-refractivity contribution is 7.92. The van der Waals surface area contributed by atoms with Crippen LogP contribution >= 0.6 is 0 Å². The highest BCUT2D eigenvalue weighted by Crippen LogP contribution is 2.61. The molecule has 47 heavy (non-hydrogen) atoms. The van der Waals surface area contributed by atoms with Gasteiger partial charge in [-0.2, -0.15) is 18.2 Å². The standard InChI is InChI=1S/C34H42F3N5O4S/c1-22-7-5-8-23(2)31(22)29-18-30(40-32(39-29)41-47(44,45)28-10-6-9-24(17-28)20-43)46-21-27(19-33(15-16-33)34(35,36)37)42(4)26-13-11-25(38-3)12-14-26/h5-10,17-18,20,25-27,38H,11-16,19,21H2,1-4H3,(H,39,40,41)/t25-,26+,27-/m1/s1. The summed E-state index contributed by atoms with van der Waals surface area (Å²) in [5.41, 5.74) is 1.38. The number of carbonyl (C=O) groups is 1. The molecule has 13 heteroatoms. The van der Waals surface area contributed by atoms with Crippen molar-refractivity contribution >= 4 is 22.3 Å². The number of aldehydes is 1. The minimum absolute atomic E-state index is 0.0335. The molecule has 2 N–H and O–H groups in total. The minimum Gasteiger partial charge on any atom is -0.476 e. The molecule has 0 aliphatic heterocycles. The molecule has 2 fully saturated rings. The number of halogens is 3. The Morgan fingerprint density at radius 1 is 1.04 bits per heavy atom. The lowest BCUT2D eigenvalue weighted by Gasteiger charge is -2.40. The number of aryl methyl sites for hydroxylation is 2. The number of anilines is 1. The van der Waals surface area contributed by atoms with Crippen molar-refractivity contribution in [2.24, 2.45) is 5.41 Å². The van der Waals surface area contributed by atoms with Crippen molar-refractivity contribution in [3.05, 3.63) is 65.2 Å². The maximum absolute atomic E-state index is 14.2. The number of aromatic nitrogens is 2. The van der Waals surface area contributed by atoms with Crippen molar-refractivity contribution in [3.63, 3.8) is 0 Å². The number of alkyl halides is 3. The first-order valence-electron chi connectivity index (χ1n) is 15.9. The number of carbonyl (C=O) groups excluding carboxylic acids is 1. The summed E-state index contributed by atoms with van der Waals surface area (Å²) in [5.74, 6) is -0.230. The second-order valence-electron chi connectivity index (χ2n) is 12.9. The van der Waals surface area contributed by atoms with E-state index in [0.717, 1.165) is 42.4 Å². The van der Waals surface area contributed by atoms with Crippen LogP contribution in [0.2, 0.25) is 0 Å². The van der Waals surface area contributed by atoms with Crippen LogP contribution in [0.5, 0.6) is 5.88 Å². The van der Waals surface area contributed by atoms with E-state index < -0.39 is 27.7 Å². The van der Waals surface area contributed by atoms with Gasteiger partial charge in [0.1, 0.15) is 12.9 Å². The average molecular weight is 674 g/mol. The van der Waals surface area contributed by atoms with Crippen molar-refractivity contribution in [3.8, 4) is 17.1 Å². The van der Waals surface area contributed by atoms with Crippen LogP contribution in [0.15, 0.2) is 53.4 Å². The van der Waals surface area contributed by atoms with Gasteiger partial charge in [-0.15, -0.1) is 0 Å². The largest absolute Gasteiger partial charge is 0.476 e. The third kappa shape index (κ3) is 7.95. The molecule has 2 aromatic carbocycles. The zero-order chi connectivity index (χ0) is 34.0. The normalized spacial score (nSPS) is 20.1. The number of benzene rings is 2. The Balaban J connectivity index is 1.47. The minimum atomic E-state index is -4.31. The maximum atomic E-state index is 14.2. The Hall–Kier alpha value is -3.55. The van der Waals surface area contributed by atoms with Crippen LogP contribution in [-0.2, 0) is 10.0 Å². The van der Waals surface area contributed by atoms with Gasteiger partial charge in [0.15, 0.2) is 0 Å². The second kappa shape index (κ2) is 13.9. The number of likely N-dealkylation sites (N-methyl/N-ethyl adjacent to an activating group) is 1. The zero-order valence-corrected chi connectivity index (χ0v) is 27.9. The fraction of sp³-hybridized carbons (Fsp3) is 0.500. The summed E-state index contributed by atoms with van der Waals surface area (Å²) < 4.78 is 77.8. The Labute approximate surface area is 274 Å². The van der Waals surface area contributed by atoms with Crippen molar-refractivity contribution in [2.45, 2.75) is 88.0 Å². The van der Waals surface area contributed by atoms with Gasteiger partial charge in [-0.3, -0.25) is 9.69 Å². The second-order valence-corrected chi connectivity index (χ2v) is 14.6. The smallest absolute Gasteiger partial charge is 0.394 e. The molecule has 0 spiro atoms. The first-order valence-corrected chi connectivity index (χ1v) is 17.4. The third-order valence-electron chi connectivity index (χ3n) is 9.73. The molecule has 254 valence electrons. The van der Waals surface area contributed by atoms with Gasteiger partial charge in [0.25, 0.3) is 10.0 Å². The van der Waals surface area contributed by atoms with Crippen molar-refractivity contribution < 1.29 is 31.1 Å². The van der Waals surface area contributed by atoms with Gasteiger partial charge in [0.2, 0.25) is 11.8 Å². The molecule has 0 unspecified atom stereocenters. The van der Waals surface area contributed by atoms with Gasteiger partial charge >= 0.3 is 6.18 Å². The third-order valence-corrected chi connectivity index (χ3v) is 11.1. The van der Waals surface area contributed by atoms with E-state index in [9.17, 15) is 26.4 Å². The van der Waals surface area contributed by atoms with Crippen LogP contribution in [-0.4, -0.2) is 74.6 Å². The van der Waals surface area contributed by atoms with E-state index >= 15 is 0 Å². The van der Waals surface area contributed by atoms with Crippen molar-refractivity contribution in [1.29, 1.82) is 0 Å². The molecule has 9 nitrogen and oxygen atoms in total. The van der Waals surface area contributed by atoms with E-state index in [2.05, 4.69) is 20.0 Å². The van der Waals surface area contributed by atoms with Crippen LogP contribution in [0.3, 0.4) is 0 Å². The summed E-state index contributed by atoms with van der Waals surface area (Å²) in [7, 11) is -0.406. The number of rotatable bonds is 13. The van der Waals surface area contributed by atoms with Gasteiger partial charge in [-0.1, -0.05) is 30.3 Å². The number of sulfonamides is 1. The van der Waals surface area contributed by atoms with Crippen molar-refractivity contribution in [1.82, 2.24) is 20.2 Å². The summed E-state index contributed by atoms with van der Waals surface area (Å²) in [6.07, 6.45) is -0.0796. The molecule has 3 aromatic rings. The monoisotopic (exact) mass is 673 g/mol. The predicted molar refractivity (Wildman–Crippen MR) is 174 cm³/mol. The molecule has 1 aromatic heterocycles. The molecule has 0 saturated heterocycles. The average Bonchev–Trinajstić information content (AvgIpc) is 3.84. The lowest BCUT2D eigenvalue weighted by Crippen LogP contribution is -2.48. The summed E-state index contributed by atoms with van der Waals surface area (Å²) in [5, 5.41) is 3.30. The van der Waals surface area contributed by atoms with Gasteiger partial charge in [-0.25, -0.2) is 18.1 Å². The van der Waals surface area contributed by atoms with Gasteiger partial charge in [-0.05, 0) is 96.1 Å². The molecule has 0 radical (unpaired) electrons. The molecule has 2 saturated carbocycles. The zero-order valence-electron chi connectivity index (χ0n) is 27.1. The Bertz CT molecular complexity index is 1670. The Kier molecular flexibility index (Phi) is 10.3. The highest BCUT2D eigenvalue weighted by Gasteiger charge is 2.63. The molecule has 0 bridgehead atoms. The van der Waals surface area contributed by atoms with Crippen LogP contribution in [0, 0.1) is 19.3 Å². The molecular weight excluding hydrogens is 631 g/mol. The number of hydrogen-bond donors (Lipinski definition) is 2. The predicted octanol–water partition coefficient (Wildman–Crippen LogP) is 6.32. The van der Waals surface area contributed by atoms with Crippen LogP contribution in [0.1, 0.15) is 66.4 Å². The molecule has 2 aliphatic carbocycles. The van der Waals surface area contributed by atoms with E-state index in [1.807, 2.05) is 51.0 Å².